The fourth-order valence-corrected chi connectivity index (χ4v) is 1.05. The highest BCUT2D eigenvalue weighted by Gasteiger charge is 1.98. The van der Waals surface area contributed by atoms with Crippen LogP contribution < -0.4 is 0 Å². The van der Waals surface area contributed by atoms with Gasteiger partial charge in [-0.1, -0.05) is 25.5 Å². The molecule has 0 aliphatic carbocycles. The Balaban J connectivity index is 2.54. The lowest BCUT2D eigenvalue weighted by atomic mass is 10.3. The Labute approximate surface area is 67.4 Å². The maximum Gasteiger partial charge on any atom is 0.0725 e. The summed E-state index contributed by atoms with van der Waals surface area (Å²) in [4.78, 5) is 0. The molecular formula is C8H15N3. The standard InChI is InChI=1S/C8H15N3/c1-3-5-6-11-8(4-2)7-9-10-11/h7H,3-6H2,1-2H3. The molecule has 1 rings (SSSR count). The monoisotopic (exact) mass is 153 g/mol. The first-order chi connectivity index (χ1) is 5.38. The van der Waals surface area contributed by atoms with Gasteiger partial charge < -0.3 is 0 Å². The van der Waals surface area contributed by atoms with Crippen molar-refractivity contribution >= 4 is 0 Å². The Bertz CT molecular complexity index is 205. The average Bonchev–Trinajstić information content (AvgIpc) is 2.47. The molecule has 1 aromatic rings. The van der Waals surface area contributed by atoms with E-state index in [1.54, 1.807) is 0 Å². The van der Waals surface area contributed by atoms with Crippen molar-refractivity contribution in [3.63, 3.8) is 0 Å². The van der Waals surface area contributed by atoms with Crippen LogP contribution in [0.1, 0.15) is 32.4 Å². The Morgan fingerprint density at radius 1 is 1.45 bits per heavy atom. The molecule has 0 fully saturated rings. The molecule has 0 radical (unpaired) electrons. The molecule has 11 heavy (non-hydrogen) atoms. The molecule has 0 aliphatic heterocycles. The van der Waals surface area contributed by atoms with E-state index in [0.717, 1.165) is 13.0 Å². The summed E-state index contributed by atoms with van der Waals surface area (Å²) >= 11 is 0. The Kier molecular flexibility index (Phi) is 3.08. The number of aryl methyl sites for hydroxylation is 2. The molecule has 0 saturated heterocycles. The van der Waals surface area contributed by atoms with Gasteiger partial charge in [0.25, 0.3) is 0 Å². The second kappa shape index (κ2) is 4.11. The van der Waals surface area contributed by atoms with Gasteiger partial charge in [-0.15, -0.1) is 5.10 Å². The van der Waals surface area contributed by atoms with Crippen molar-refractivity contribution in [2.45, 2.75) is 39.7 Å². The van der Waals surface area contributed by atoms with E-state index in [9.17, 15) is 0 Å². The van der Waals surface area contributed by atoms with Crippen LogP contribution in [0.4, 0.5) is 0 Å². The number of hydrogen-bond acceptors (Lipinski definition) is 2. The average molecular weight is 153 g/mol. The molecule has 0 N–H and O–H groups in total. The number of rotatable bonds is 4. The molecule has 0 amide bonds. The van der Waals surface area contributed by atoms with Crippen molar-refractivity contribution in [1.82, 2.24) is 15.0 Å². The quantitative estimate of drug-likeness (QED) is 0.658. The SMILES string of the molecule is CCCCn1nncc1CC. The summed E-state index contributed by atoms with van der Waals surface area (Å²) in [6, 6.07) is 0. The summed E-state index contributed by atoms with van der Waals surface area (Å²) in [5.74, 6) is 0. The van der Waals surface area contributed by atoms with Crippen LogP contribution in [0.3, 0.4) is 0 Å². The highest BCUT2D eigenvalue weighted by atomic mass is 15.4. The smallest absolute Gasteiger partial charge is 0.0725 e. The molecule has 3 nitrogen and oxygen atoms in total. The van der Waals surface area contributed by atoms with Crippen molar-refractivity contribution in [3.8, 4) is 0 Å². The summed E-state index contributed by atoms with van der Waals surface area (Å²) in [6.45, 7) is 5.32. The van der Waals surface area contributed by atoms with Gasteiger partial charge in [0.1, 0.15) is 0 Å². The third kappa shape index (κ3) is 2.03. The van der Waals surface area contributed by atoms with Gasteiger partial charge in [-0.2, -0.15) is 0 Å². The first-order valence-electron chi connectivity index (χ1n) is 4.25. The molecule has 0 saturated carbocycles. The second-order valence-corrected chi connectivity index (χ2v) is 2.66. The largest absolute Gasteiger partial charge is 0.249 e. The van der Waals surface area contributed by atoms with Crippen LogP contribution >= 0.6 is 0 Å². The van der Waals surface area contributed by atoms with Gasteiger partial charge >= 0.3 is 0 Å². The maximum atomic E-state index is 3.99. The number of aromatic nitrogens is 3. The zero-order valence-electron chi connectivity index (χ0n) is 7.25. The molecular weight excluding hydrogens is 138 g/mol. The minimum atomic E-state index is 1.01. The highest BCUT2D eigenvalue weighted by molar-refractivity contribution is 4.92. The second-order valence-electron chi connectivity index (χ2n) is 2.66. The number of nitrogens with zero attached hydrogens (tertiary/aromatic N) is 3. The lowest BCUT2D eigenvalue weighted by molar-refractivity contribution is 0.535. The fraction of sp³-hybridized carbons (Fsp3) is 0.750. The Hall–Kier alpha value is -0.860. The highest BCUT2D eigenvalue weighted by Crippen LogP contribution is 1.99. The fourth-order valence-electron chi connectivity index (χ4n) is 1.05. The lowest BCUT2D eigenvalue weighted by Gasteiger charge is -2.01. The van der Waals surface area contributed by atoms with Gasteiger partial charge in [0.2, 0.25) is 0 Å². The van der Waals surface area contributed by atoms with Crippen LogP contribution in [0.2, 0.25) is 0 Å². The lowest BCUT2D eigenvalue weighted by Crippen LogP contribution is -2.03. The Morgan fingerprint density at radius 2 is 2.27 bits per heavy atom. The predicted molar refractivity (Wildman–Crippen MR) is 44.3 cm³/mol. The molecule has 1 heterocycles. The summed E-state index contributed by atoms with van der Waals surface area (Å²) in [5, 5.41) is 7.85. The van der Waals surface area contributed by atoms with Crippen LogP contribution in [-0.2, 0) is 13.0 Å². The van der Waals surface area contributed by atoms with Crippen LogP contribution in [-0.4, -0.2) is 15.0 Å². The summed E-state index contributed by atoms with van der Waals surface area (Å²) in [7, 11) is 0. The minimum absolute atomic E-state index is 1.01. The third-order valence-corrected chi connectivity index (χ3v) is 1.78. The molecule has 1 aromatic heterocycles. The van der Waals surface area contributed by atoms with Crippen molar-refractivity contribution in [2.75, 3.05) is 0 Å². The molecule has 62 valence electrons. The molecule has 0 aromatic carbocycles. The van der Waals surface area contributed by atoms with E-state index in [1.807, 2.05) is 10.9 Å². The molecule has 0 bridgehead atoms. The van der Waals surface area contributed by atoms with Gasteiger partial charge in [0, 0.05) is 6.54 Å². The van der Waals surface area contributed by atoms with E-state index < -0.39 is 0 Å². The zero-order chi connectivity index (χ0) is 8.10. The van der Waals surface area contributed by atoms with Gasteiger partial charge in [-0.05, 0) is 12.8 Å². The van der Waals surface area contributed by atoms with E-state index in [0.29, 0.717) is 0 Å². The van der Waals surface area contributed by atoms with Gasteiger partial charge in [-0.3, -0.25) is 0 Å². The molecule has 0 atom stereocenters. The van der Waals surface area contributed by atoms with Crippen LogP contribution in [0.25, 0.3) is 0 Å². The minimum Gasteiger partial charge on any atom is -0.249 e. The molecule has 0 unspecified atom stereocenters. The van der Waals surface area contributed by atoms with Crippen molar-refractivity contribution < 1.29 is 0 Å². The summed E-state index contributed by atoms with van der Waals surface area (Å²) in [5.41, 5.74) is 1.23. The molecule has 0 spiro atoms. The molecule has 0 aliphatic rings. The van der Waals surface area contributed by atoms with Gasteiger partial charge in [-0.25, -0.2) is 4.68 Å². The van der Waals surface area contributed by atoms with E-state index in [1.165, 1.54) is 18.5 Å². The van der Waals surface area contributed by atoms with E-state index >= 15 is 0 Å². The third-order valence-electron chi connectivity index (χ3n) is 1.78. The first-order valence-corrected chi connectivity index (χ1v) is 4.25. The maximum absolute atomic E-state index is 3.99. The van der Waals surface area contributed by atoms with Crippen molar-refractivity contribution in [1.29, 1.82) is 0 Å². The van der Waals surface area contributed by atoms with Gasteiger partial charge in [0.15, 0.2) is 0 Å². The van der Waals surface area contributed by atoms with Crippen LogP contribution in [0.5, 0.6) is 0 Å². The normalized spacial score (nSPS) is 10.4. The van der Waals surface area contributed by atoms with E-state index in [2.05, 4.69) is 24.2 Å². The first kappa shape index (κ1) is 8.24. The Morgan fingerprint density at radius 3 is 2.91 bits per heavy atom. The molecule has 3 heteroatoms. The zero-order valence-corrected chi connectivity index (χ0v) is 7.25. The van der Waals surface area contributed by atoms with Gasteiger partial charge in [0.05, 0.1) is 11.9 Å². The van der Waals surface area contributed by atoms with E-state index in [-0.39, 0.29) is 0 Å². The topological polar surface area (TPSA) is 30.7 Å². The van der Waals surface area contributed by atoms with Crippen molar-refractivity contribution in [2.24, 2.45) is 0 Å². The number of unbranched alkanes of at least 4 members (excludes halogenated alkanes) is 1. The predicted octanol–water partition coefficient (Wildman–Crippen LogP) is 1.64. The van der Waals surface area contributed by atoms with Crippen LogP contribution in [0, 0.1) is 0 Å². The van der Waals surface area contributed by atoms with E-state index in [4.69, 9.17) is 0 Å². The number of hydrogen-bond donors (Lipinski definition) is 0. The summed E-state index contributed by atoms with van der Waals surface area (Å²) < 4.78 is 1.99. The summed E-state index contributed by atoms with van der Waals surface area (Å²) in [6.07, 6.45) is 5.27. The van der Waals surface area contributed by atoms with Crippen LogP contribution in [0.15, 0.2) is 6.20 Å². The van der Waals surface area contributed by atoms with Crippen molar-refractivity contribution in [3.05, 3.63) is 11.9 Å².